The Bertz CT molecular complexity index is 2740. The molecule has 0 aliphatic heterocycles. The Kier molecular flexibility index (Phi) is 9.14. The molecule has 0 atom stereocenters. The number of nitrogen functional groups attached to an aromatic ring is 1. The van der Waals surface area contributed by atoms with Gasteiger partial charge in [-0.15, -0.1) is 22.7 Å². The monoisotopic (exact) mass is 689 g/mol. The summed E-state index contributed by atoms with van der Waals surface area (Å²) in [5, 5.41) is 5.18. The van der Waals surface area contributed by atoms with E-state index in [1.807, 2.05) is 71.2 Å². The molecule has 0 aliphatic rings. The van der Waals surface area contributed by atoms with Crippen molar-refractivity contribution in [1.29, 1.82) is 0 Å². The fourth-order valence-electron chi connectivity index (χ4n) is 6.56. The van der Waals surface area contributed by atoms with Gasteiger partial charge in [0, 0.05) is 45.7 Å². The van der Waals surface area contributed by atoms with Gasteiger partial charge in [0.2, 0.25) is 0 Å². The van der Waals surface area contributed by atoms with Crippen molar-refractivity contribution in [2.75, 3.05) is 5.73 Å². The van der Waals surface area contributed by atoms with Crippen LogP contribution in [0.3, 0.4) is 0 Å². The van der Waals surface area contributed by atoms with E-state index in [1.54, 1.807) is 0 Å². The van der Waals surface area contributed by atoms with E-state index in [4.69, 9.17) is 5.73 Å². The number of allylic oxidation sites excluding steroid dienone is 1. The lowest BCUT2D eigenvalue weighted by Crippen LogP contribution is -2.18. The molecule has 1 nitrogen and oxygen atoms in total. The maximum Gasteiger partial charge on any atom is 0.0362 e. The fourth-order valence-corrected chi connectivity index (χ4v) is 8.85. The van der Waals surface area contributed by atoms with Gasteiger partial charge in [-0.2, -0.15) is 0 Å². The second-order valence-electron chi connectivity index (χ2n) is 12.4. The summed E-state index contributed by atoms with van der Waals surface area (Å²) in [4.78, 5) is 0. The Hall–Kier alpha value is -6.00. The van der Waals surface area contributed by atoms with Gasteiger partial charge in [0.15, 0.2) is 0 Å². The molecule has 2 N–H and O–H groups in total. The van der Waals surface area contributed by atoms with Crippen molar-refractivity contribution in [3.05, 3.63) is 198 Å². The summed E-state index contributed by atoms with van der Waals surface area (Å²) in [7, 11) is 0. The molecule has 9 aromatic rings. The van der Waals surface area contributed by atoms with Crippen LogP contribution in [0.15, 0.2) is 183 Å². The minimum Gasteiger partial charge on any atom is -0.399 e. The average Bonchev–Trinajstić information content (AvgIpc) is 3.73. The number of nitrogens with two attached hydrogens (primary N) is 1. The highest BCUT2D eigenvalue weighted by Crippen LogP contribution is 2.41. The highest BCUT2D eigenvalue weighted by Gasteiger charge is 2.13. The molecule has 0 saturated heterocycles. The van der Waals surface area contributed by atoms with Gasteiger partial charge in [-0.1, -0.05) is 152 Å². The zero-order valence-corrected chi connectivity index (χ0v) is 29.6. The summed E-state index contributed by atoms with van der Waals surface area (Å²) in [5.74, 6) is 0. The SMILES string of the molecule is C=C/C=c1\c(=C/c2ccc(-c3cc4sc5ccccc5c4cc3-c3ccccc3)cc2)sc2ccccc12.Nc1ccc(-c2ccccc2)cc1. The molecule has 3 heteroatoms. The molecular weight excluding hydrogens is 655 g/mol. The van der Waals surface area contributed by atoms with E-state index in [-0.39, 0.29) is 0 Å². The average molecular weight is 690 g/mol. The summed E-state index contributed by atoms with van der Waals surface area (Å²) in [6.07, 6.45) is 6.28. The van der Waals surface area contributed by atoms with Gasteiger partial charge in [0.05, 0.1) is 0 Å². The molecule has 0 unspecified atom stereocenters. The normalized spacial score (nSPS) is 11.9. The lowest BCUT2D eigenvalue weighted by molar-refractivity contribution is 1.59. The van der Waals surface area contributed by atoms with Crippen molar-refractivity contribution in [2.24, 2.45) is 0 Å². The van der Waals surface area contributed by atoms with Gasteiger partial charge in [-0.3, -0.25) is 0 Å². The Morgan fingerprint density at radius 1 is 0.451 bits per heavy atom. The maximum atomic E-state index is 5.60. The lowest BCUT2D eigenvalue weighted by atomic mass is 9.92. The van der Waals surface area contributed by atoms with Crippen LogP contribution in [0.5, 0.6) is 0 Å². The molecule has 51 heavy (non-hydrogen) atoms. The lowest BCUT2D eigenvalue weighted by Gasteiger charge is -2.12. The number of rotatable bonds is 5. The Morgan fingerprint density at radius 3 is 1.67 bits per heavy atom. The number of benzene rings is 7. The number of hydrogen-bond donors (Lipinski definition) is 1. The third kappa shape index (κ3) is 6.78. The molecule has 0 amide bonds. The van der Waals surface area contributed by atoms with Crippen LogP contribution in [0.4, 0.5) is 5.69 Å². The second kappa shape index (κ2) is 14.5. The zero-order valence-electron chi connectivity index (χ0n) is 28.0. The van der Waals surface area contributed by atoms with Gasteiger partial charge in [0.25, 0.3) is 0 Å². The highest BCUT2D eigenvalue weighted by molar-refractivity contribution is 7.25. The molecule has 7 aromatic carbocycles. The van der Waals surface area contributed by atoms with E-state index in [0.29, 0.717) is 0 Å². The van der Waals surface area contributed by atoms with Gasteiger partial charge in [0.1, 0.15) is 0 Å². The minimum atomic E-state index is 0.805. The minimum absolute atomic E-state index is 0.805. The summed E-state index contributed by atoms with van der Waals surface area (Å²) < 4.78 is 5.22. The van der Waals surface area contributed by atoms with Crippen LogP contribution in [0.25, 0.3) is 75.8 Å². The van der Waals surface area contributed by atoms with Crippen molar-refractivity contribution >= 4 is 70.8 Å². The van der Waals surface area contributed by atoms with E-state index >= 15 is 0 Å². The second-order valence-corrected chi connectivity index (χ2v) is 14.6. The smallest absolute Gasteiger partial charge is 0.0362 e. The van der Waals surface area contributed by atoms with Crippen LogP contribution in [-0.2, 0) is 0 Å². The standard InChI is InChI=1S/C36H24S2.C12H11N/c1-2-10-27-28-13-6-8-15-33(28)37-35(27)21-24-17-19-26(20-18-24)31-23-36-32(29-14-7-9-16-34(29)38-36)22-30(31)25-11-4-3-5-12-25;13-12-8-6-11(7-9-12)10-4-2-1-3-5-10/h2-23H,1H2;1-9H,13H2/b27-10-,35-21+;. The van der Waals surface area contributed by atoms with Gasteiger partial charge >= 0.3 is 0 Å². The summed E-state index contributed by atoms with van der Waals surface area (Å²) in [6, 6.07) is 60.0. The number of thiophene rings is 2. The molecule has 2 heterocycles. The number of anilines is 1. The zero-order chi connectivity index (χ0) is 34.6. The van der Waals surface area contributed by atoms with Crippen LogP contribution < -0.4 is 15.5 Å². The van der Waals surface area contributed by atoms with E-state index in [9.17, 15) is 0 Å². The first-order chi connectivity index (χ1) is 25.1. The highest BCUT2D eigenvalue weighted by atomic mass is 32.1. The number of fused-ring (bicyclic) bond motifs is 4. The molecule has 9 rings (SSSR count). The predicted molar refractivity (Wildman–Crippen MR) is 226 cm³/mol. The van der Waals surface area contributed by atoms with Crippen molar-refractivity contribution in [1.82, 2.24) is 0 Å². The molecule has 0 spiro atoms. The summed E-state index contributed by atoms with van der Waals surface area (Å²) in [5.41, 5.74) is 15.0. The summed E-state index contributed by atoms with van der Waals surface area (Å²) in [6.45, 7) is 3.94. The van der Waals surface area contributed by atoms with Gasteiger partial charge < -0.3 is 5.73 Å². The molecule has 0 saturated carbocycles. The van der Waals surface area contributed by atoms with Crippen molar-refractivity contribution in [3.63, 3.8) is 0 Å². The van der Waals surface area contributed by atoms with Crippen LogP contribution >= 0.6 is 22.7 Å². The Labute approximate surface area is 306 Å². The van der Waals surface area contributed by atoms with Crippen LogP contribution in [0, 0.1) is 0 Å². The molecule has 244 valence electrons. The summed E-state index contributed by atoms with van der Waals surface area (Å²) >= 11 is 3.70. The molecule has 0 fully saturated rings. The molecule has 2 aromatic heterocycles. The first kappa shape index (κ1) is 32.2. The molecule has 0 radical (unpaired) electrons. The molecular formula is C48H35NS2. The van der Waals surface area contributed by atoms with E-state index in [0.717, 1.165) is 5.69 Å². The van der Waals surface area contributed by atoms with Crippen LogP contribution in [0.1, 0.15) is 5.56 Å². The van der Waals surface area contributed by atoms with E-state index < -0.39 is 0 Å². The van der Waals surface area contributed by atoms with E-state index in [1.165, 1.54) is 79.0 Å². The van der Waals surface area contributed by atoms with E-state index in [2.05, 4.69) is 146 Å². The first-order valence-electron chi connectivity index (χ1n) is 17.0. The third-order valence-electron chi connectivity index (χ3n) is 9.09. The Morgan fingerprint density at radius 2 is 0.980 bits per heavy atom. The maximum absolute atomic E-state index is 5.60. The third-order valence-corrected chi connectivity index (χ3v) is 11.4. The van der Waals surface area contributed by atoms with Crippen molar-refractivity contribution in [3.8, 4) is 33.4 Å². The molecule has 0 aliphatic carbocycles. The van der Waals surface area contributed by atoms with Gasteiger partial charge in [-0.05, 0) is 81.4 Å². The van der Waals surface area contributed by atoms with Gasteiger partial charge in [-0.25, -0.2) is 0 Å². The van der Waals surface area contributed by atoms with Crippen LogP contribution in [0.2, 0.25) is 0 Å². The Balaban J connectivity index is 0.000000242. The topological polar surface area (TPSA) is 26.0 Å². The fraction of sp³-hybridized carbons (Fsp3) is 0. The number of hydrogen-bond acceptors (Lipinski definition) is 3. The van der Waals surface area contributed by atoms with Crippen molar-refractivity contribution in [2.45, 2.75) is 0 Å². The van der Waals surface area contributed by atoms with Crippen LogP contribution in [-0.4, -0.2) is 0 Å². The molecule has 0 bridgehead atoms. The largest absolute Gasteiger partial charge is 0.399 e. The predicted octanol–water partition coefficient (Wildman–Crippen LogP) is 12.3. The first-order valence-corrected chi connectivity index (χ1v) is 18.6. The van der Waals surface area contributed by atoms with Crippen molar-refractivity contribution < 1.29 is 0 Å². The quantitative estimate of drug-likeness (QED) is 0.179.